The molecular weight excluding hydrogens is 384 g/mol. The predicted molar refractivity (Wildman–Crippen MR) is 112 cm³/mol. The van der Waals surface area contributed by atoms with E-state index in [4.69, 9.17) is 0 Å². The minimum absolute atomic E-state index is 0.0503. The van der Waals surface area contributed by atoms with Crippen molar-refractivity contribution in [3.05, 3.63) is 65.1 Å². The fourth-order valence-electron chi connectivity index (χ4n) is 2.84. The van der Waals surface area contributed by atoms with Crippen molar-refractivity contribution in [1.29, 1.82) is 0 Å². The third-order valence-electron chi connectivity index (χ3n) is 4.56. The third-order valence-corrected chi connectivity index (χ3v) is 4.56. The Balaban J connectivity index is 1.18. The summed E-state index contributed by atoms with van der Waals surface area (Å²) in [6.45, 7) is 0.813. The molecular formula is C20H22N8O2. The number of pyridine rings is 1. The van der Waals surface area contributed by atoms with Gasteiger partial charge < -0.3 is 16.0 Å². The topological polar surface area (TPSA) is 127 Å². The van der Waals surface area contributed by atoms with Crippen LogP contribution in [0, 0.1) is 0 Å². The second-order valence-corrected chi connectivity index (χ2v) is 7.00. The Morgan fingerprint density at radius 1 is 1.13 bits per heavy atom. The van der Waals surface area contributed by atoms with Crippen LogP contribution >= 0.6 is 0 Å². The molecule has 154 valence electrons. The highest BCUT2D eigenvalue weighted by molar-refractivity contribution is 5.75. The molecule has 0 aliphatic heterocycles. The normalized spacial score (nSPS) is 12.9. The van der Waals surface area contributed by atoms with Crippen molar-refractivity contribution in [3.8, 4) is 0 Å². The van der Waals surface area contributed by atoms with Crippen molar-refractivity contribution in [1.82, 2.24) is 30.0 Å². The lowest BCUT2D eigenvalue weighted by molar-refractivity contribution is -0.121. The van der Waals surface area contributed by atoms with Gasteiger partial charge >= 0.3 is 0 Å². The Hall–Kier alpha value is -3.82. The molecule has 1 aliphatic rings. The number of nitrogens with one attached hydrogen (secondary N) is 3. The number of carbonyl (C=O) groups excluding carboxylic acids is 1. The van der Waals surface area contributed by atoms with Crippen LogP contribution in [0.4, 0.5) is 17.3 Å². The molecule has 3 aromatic heterocycles. The van der Waals surface area contributed by atoms with Gasteiger partial charge in [-0.15, -0.1) is 10.2 Å². The smallest absolute Gasteiger partial charge is 0.254 e. The number of aromatic nitrogens is 5. The van der Waals surface area contributed by atoms with E-state index < -0.39 is 0 Å². The zero-order chi connectivity index (χ0) is 20.8. The van der Waals surface area contributed by atoms with Crippen LogP contribution in [-0.2, 0) is 11.3 Å². The molecule has 0 bridgehead atoms. The summed E-state index contributed by atoms with van der Waals surface area (Å²) in [5.41, 5.74) is 1.45. The van der Waals surface area contributed by atoms with Crippen molar-refractivity contribution in [2.45, 2.75) is 25.3 Å². The second kappa shape index (κ2) is 9.12. The molecule has 0 spiro atoms. The van der Waals surface area contributed by atoms with Crippen LogP contribution in [0.25, 0.3) is 0 Å². The highest BCUT2D eigenvalue weighted by Gasteiger charge is 2.25. The van der Waals surface area contributed by atoms with Gasteiger partial charge in [-0.2, -0.15) is 0 Å². The lowest BCUT2D eigenvalue weighted by atomic mass is 10.3. The fraction of sp³-hybridized carbons (Fsp3) is 0.300. The number of rotatable bonds is 9. The van der Waals surface area contributed by atoms with E-state index in [0.29, 0.717) is 30.6 Å². The molecule has 10 nitrogen and oxygen atoms in total. The summed E-state index contributed by atoms with van der Waals surface area (Å²) in [5, 5.41) is 17.1. The van der Waals surface area contributed by atoms with E-state index in [0.717, 1.165) is 24.2 Å². The summed E-state index contributed by atoms with van der Waals surface area (Å²) < 4.78 is 1.31. The quantitative estimate of drug-likeness (QED) is 0.454. The number of hydrogen-bond donors (Lipinski definition) is 3. The van der Waals surface area contributed by atoms with Gasteiger partial charge in [0.2, 0.25) is 5.91 Å². The van der Waals surface area contributed by atoms with Gasteiger partial charge in [-0.1, -0.05) is 0 Å². The molecule has 10 heteroatoms. The van der Waals surface area contributed by atoms with E-state index >= 15 is 0 Å². The molecule has 30 heavy (non-hydrogen) atoms. The van der Waals surface area contributed by atoms with Gasteiger partial charge in [0, 0.05) is 31.3 Å². The van der Waals surface area contributed by atoms with Crippen LogP contribution in [0.2, 0.25) is 0 Å². The van der Waals surface area contributed by atoms with Crippen molar-refractivity contribution < 1.29 is 4.79 Å². The first-order valence-corrected chi connectivity index (χ1v) is 9.75. The van der Waals surface area contributed by atoms with E-state index in [1.807, 2.05) is 12.1 Å². The molecule has 0 unspecified atom stereocenters. The molecule has 0 radical (unpaired) electrons. The van der Waals surface area contributed by atoms with E-state index in [-0.39, 0.29) is 18.0 Å². The Labute approximate surface area is 172 Å². The van der Waals surface area contributed by atoms with Crippen LogP contribution in [0.1, 0.15) is 24.5 Å². The van der Waals surface area contributed by atoms with E-state index in [9.17, 15) is 9.59 Å². The highest BCUT2D eigenvalue weighted by Crippen LogP contribution is 2.38. The van der Waals surface area contributed by atoms with E-state index in [1.54, 1.807) is 24.5 Å². The molecule has 4 rings (SSSR count). The van der Waals surface area contributed by atoms with Crippen molar-refractivity contribution in [2.75, 3.05) is 23.7 Å². The molecule has 0 atom stereocenters. The maximum absolute atomic E-state index is 12.1. The zero-order valence-corrected chi connectivity index (χ0v) is 16.3. The standard InChI is InChI=1S/C20H22N8O2/c29-19(12-28-13-24-16(10-20(28)30)14-3-4-14)23-9-8-22-17-5-6-18(27-26-17)25-15-2-1-7-21-11-15/h1-2,5-7,10-11,13-14H,3-4,8-9,12H2,(H,22,26)(H,23,29)(H,25,27). The number of amides is 1. The first-order valence-electron chi connectivity index (χ1n) is 9.75. The van der Waals surface area contributed by atoms with Crippen LogP contribution in [-0.4, -0.2) is 43.7 Å². The van der Waals surface area contributed by atoms with Crippen LogP contribution in [0.5, 0.6) is 0 Å². The van der Waals surface area contributed by atoms with Gasteiger partial charge in [0.05, 0.1) is 23.9 Å². The maximum atomic E-state index is 12.1. The van der Waals surface area contributed by atoms with Crippen LogP contribution in [0.3, 0.4) is 0 Å². The molecule has 3 aromatic rings. The Kier molecular flexibility index (Phi) is 5.93. The largest absolute Gasteiger partial charge is 0.367 e. The molecule has 1 fully saturated rings. The van der Waals surface area contributed by atoms with Gasteiger partial charge in [0.25, 0.3) is 5.56 Å². The fourth-order valence-corrected chi connectivity index (χ4v) is 2.84. The number of anilines is 3. The Morgan fingerprint density at radius 2 is 1.97 bits per heavy atom. The van der Waals surface area contributed by atoms with E-state index in [1.165, 1.54) is 17.0 Å². The molecule has 3 heterocycles. The highest BCUT2D eigenvalue weighted by atomic mass is 16.2. The summed E-state index contributed by atoms with van der Waals surface area (Å²) in [5.74, 6) is 1.36. The molecule has 0 aromatic carbocycles. The number of hydrogen-bond acceptors (Lipinski definition) is 8. The number of nitrogens with zero attached hydrogens (tertiary/aromatic N) is 5. The lowest BCUT2D eigenvalue weighted by Crippen LogP contribution is -2.34. The van der Waals surface area contributed by atoms with Gasteiger partial charge in [0.1, 0.15) is 12.4 Å². The minimum atomic E-state index is -0.248. The molecule has 1 amide bonds. The van der Waals surface area contributed by atoms with E-state index in [2.05, 4.69) is 36.1 Å². The van der Waals surface area contributed by atoms with Crippen LogP contribution in [0.15, 0.2) is 53.8 Å². The average molecular weight is 406 g/mol. The summed E-state index contributed by atoms with van der Waals surface area (Å²) >= 11 is 0. The minimum Gasteiger partial charge on any atom is -0.367 e. The third kappa shape index (κ3) is 5.37. The van der Waals surface area contributed by atoms with Crippen molar-refractivity contribution in [3.63, 3.8) is 0 Å². The summed E-state index contributed by atoms with van der Waals surface area (Å²) in [7, 11) is 0. The zero-order valence-electron chi connectivity index (χ0n) is 16.3. The molecule has 1 saturated carbocycles. The second-order valence-electron chi connectivity index (χ2n) is 7.00. The molecule has 1 aliphatic carbocycles. The first-order chi connectivity index (χ1) is 14.7. The monoisotopic (exact) mass is 406 g/mol. The van der Waals surface area contributed by atoms with Crippen molar-refractivity contribution >= 4 is 23.2 Å². The number of carbonyl (C=O) groups is 1. The average Bonchev–Trinajstić information content (AvgIpc) is 3.60. The summed E-state index contributed by atoms with van der Waals surface area (Å²) in [4.78, 5) is 32.4. The van der Waals surface area contributed by atoms with Gasteiger partial charge in [0.15, 0.2) is 5.82 Å². The lowest BCUT2D eigenvalue weighted by Gasteiger charge is -2.09. The molecule has 0 saturated heterocycles. The Morgan fingerprint density at radius 3 is 2.67 bits per heavy atom. The van der Waals surface area contributed by atoms with Gasteiger partial charge in [-0.25, -0.2) is 4.98 Å². The predicted octanol–water partition coefficient (Wildman–Crippen LogP) is 1.28. The van der Waals surface area contributed by atoms with Crippen LogP contribution < -0.4 is 21.5 Å². The Bertz CT molecular complexity index is 1050. The van der Waals surface area contributed by atoms with Crippen molar-refractivity contribution in [2.24, 2.45) is 0 Å². The SMILES string of the molecule is O=C(Cn1cnc(C2CC2)cc1=O)NCCNc1ccc(Nc2cccnc2)nn1. The maximum Gasteiger partial charge on any atom is 0.254 e. The summed E-state index contributed by atoms with van der Waals surface area (Å²) in [6.07, 6.45) is 7.01. The first kappa shape index (κ1) is 19.5. The summed E-state index contributed by atoms with van der Waals surface area (Å²) in [6, 6.07) is 8.83. The van der Waals surface area contributed by atoms with Gasteiger partial charge in [-0.3, -0.25) is 19.1 Å². The van der Waals surface area contributed by atoms with Gasteiger partial charge in [-0.05, 0) is 37.1 Å². The molecule has 3 N–H and O–H groups in total.